The molecule has 1 N–H and O–H groups in total. The Balaban J connectivity index is 2.03. The maximum atomic E-state index is 12.2. The van der Waals surface area contributed by atoms with Crippen LogP contribution >= 0.6 is 0 Å². The number of hydrogen-bond acceptors (Lipinski definition) is 4. The van der Waals surface area contributed by atoms with Crippen LogP contribution in [0.25, 0.3) is 0 Å². The fourth-order valence-corrected chi connectivity index (χ4v) is 4.30. The van der Waals surface area contributed by atoms with Crippen molar-refractivity contribution in [2.75, 3.05) is 26.7 Å². The molecule has 0 amide bonds. The van der Waals surface area contributed by atoms with Crippen molar-refractivity contribution < 1.29 is 14.6 Å². The Morgan fingerprint density at radius 3 is 3.00 bits per heavy atom. The number of hydrogen-bond donors (Lipinski definition) is 1. The lowest BCUT2D eigenvalue weighted by Crippen LogP contribution is -2.65. The second kappa shape index (κ2) is 6.10. The van der Waals surface area contributed by atoms with E-state index in [0.717, 1.165) is 30.8 Å². The van der Waals surface area contributed by atoms with E-state index >= 15 is 0 Å². The molecule has 0 radical (unpaired) electrons. The molecule has 1 aliphatic heterocycles. The number of piperidine rings is 1. The molecule has 2 unspecified atom stereocenters. The third kappa shape index (κ3) is 2.70. The number of Topliss-reactive ketones (excluding diaryl/α,β-unsaturated/α-hetero) is 1. The van der Waals surface area contributed by atoms with E-state index in [-0.39, 0.29) is 5.78 Å². The predicted octanol–water partition coefficient (Wildman–Crippen LogP) is 2.31. The monoisotopic (exact) mass is 315 g/mol. The summed E-state index contributed by atoms with van der Waals surface area (Å²) >= 11 is 0. The summed E-state index contributed by atoms with van der Waals surface area (Å²) in [6.45, 7) is 6.01. The van der Waals surface area contributed by atoms with E-state index in [1.54, 1.807) is 7.11 Å². The maximum Gasteiger partial charge on any atom is 0.134 e. The number of rotatable bonds is 4. The van der Waals surface area contributed by atoms with Crippen LogP contribution < -0.4 is 4.74 Å². The van der Waals surface area contributed by atoms with E-state index in [0.29, 0.717) is 25.8 Å². The minimum atomic E-state index is -0.880. The summed E-state index contributed by atoms with van der Waals surface area (Å²) in [4.78, 5) is 14.5. The van der Waals surface area contributed by atoms with Gasteiger partial charge in [0.2, 0.25) is 0 Å². The first-order valence-corrected chi connectivity index (χ1v) is 8.25. The molecule has 4 nitrogen and oxygen atoms in total. The van der Waals surface area contributed by atoms with Crippen molar-refractivity contribution in [2.24, 2.45) is 0 Å². The fourth-order valence-electron chi connectivity index (χ4n) is 4.30. The van der Waals surface area contributed by atoms with Gasteiger partial charge < -0.3 is 9.84 Å². The van der Waals surface area contributed by atoms with Crippen LogP contribution in [0, 0.1) is 0 Å². The van der Waals surface area contributed by atoms with Crippen LogP contribution in [0.5, 0.6) is 5.75 Å². The summed E-state index contributed by atoms with van der Waals surface area (Å²) in [5.41, 5.74) is -0.367. The van der Waals surface area contributed by atoms with Gasteiger partial charge in [-0.25, -0.2) is 0 Å². The molecule has 1 saturated carbocycles. The summed E-state index contributed by atoms with van der Waals surface area (Å²) in [7, 11) is 1.64. The van der Waals surface area contributed by atoms with Gasteiger partial charge in [0.05, 0.1) is 12.7 Å². The van der Waals surface area contributed by atoms with Gasteiger partial charge in [-0.15, -0.1) is 6.58 Å². The number of ether oxygens (including phenoxy) is 1. The molecule has 0 bridgehead atoms. The Morgan fingerprint density at radius 2 is 2.26 bits per heavy atom. The highest BCUT2D eigenvalue weighted by atomic mass is 16.5. The maximum absolute atomic E-state index is 12.2. The first-order chi connectivity index (χ1) is 11.0. The third-order valence-electron chi connectivity index (χ3n) is 5.56. The van der Waals surface area contributed by atoms with Gasteiger partial charge in [0.25, 0.3) is 0 Å². The fraction of sp³-hybridized carbons (Fsp3) is 0.526. The molecule has 0 spiro atoms. The van der Waals surface area contributed by atoms with E-state index in [2.05, 4.69) is 11.5 Å². The highest BCUT2D eigenvalue weighted by Crippen LogP contribution is 2.51. The van der Waals surface area contributed by atoms with Gasteiger partial charge in [-0.1, -0.05) is 18.2 Å². The largest absolute Gasteiger partial charge is 0.497 e. The molecule has 1 aromatic rings. The third-order valence-corrected chi connectivity index (χ3v) is 5.56. The Labute approximate surface area is 137 Å². The van der Waals surface area contributed by atoms with E-state index in [4.69, 9.17) is 4.74 Å². The first-order valence-electron chi connectivity index (χ1n) is 8.25. The average molecular weight is 315 g/mol. The van der Waals surface area contributed by atoms with Crippen molar-refractivity contribution in [3.8, 4) is 5.75 Å². The number of β-amino-alcohol motifs (C(OH)–C–C–N with tert-alkyl or cyclic N) is 1. The smallest absolute Gasteiger partial charge is 0.134 e. The van der Waals surface area contributed by atoms with Crippen LogP contribution in [-0.4, -0.2) is 48.1 Å². The lowest BCUT2D eigenvalue weighted by Gasteiger charge is -2.56. The zero-order chi connectivity index (χ0) is 16.5. The minimum absolute atomic E-state index is 0.245. The number of nitrogens with zero attached hydrogens (tertiary/aromatic N) is 1. The molecule has 0 aromatic heterocycles. The molecule has 4 heteroatoms. The topological polar surface area (TPSA) is 49.8 Å². The van der Waals surface area contributed by atoms with Gasteiger partial charge in [-0.05, 0) is 37.1 Å². The highest BCUT2D eigenvalue weighted by Gasteiger charge is 2.57. The molecule has 1 heterocycles. The number of likely N-dealkylation sites (tertiary alicyclic amines) is 1. The van der Waals surface area contributed by atoms with Gasteiger partial charge in [0, 0.05) is 31.3 Å². The van der Waals surface area contributed by atoms with Crippen LogP contribution in [0.15, 0.2) is 36.9 Å². The molecule has 1 saturated heterocycles. The number of benzene rings is 1. The lowest BCUT2D eigenvalue weighted by molar-refractivity contribution is -0.146. The zero-order valence-electron chi connectivity index (χ0n) is 13.8. The molecule has 124 valence electrons. The normalized spacial score (nSPS) is 31.5. The Kier molecular flexibility index (Phi) is 4.30. The van der Waals surface area contributed by atoms with Crippen LogP contribution in [0.2, 0.25) is 0 Å². The Hall–Kier alpha value is -1.65. The number of fused-ring (bicyclic) bond motifs is 1. The number of aliphatic hydroxyl groups is 1. The number of carbonyl (C=O) groups excluding carboxylic acids is 1. The number of carbonyl (C=O) groups is 1. The molecule has 1 aromatic carbocycles. The molecule has 2 aliphatic rings. The second-order valence-corrected chi connectivity index (χ2v) is 6.83. The number of methoxy groups -OCH3 is 1. The van der Waals surface area contributed by atoms with Gasteiger partial charge in [0.15, 0.2) is 0 Å². The number of ketones is 1. The van der Waals surface area contributed by atoms with Crippen molar-refractivity contribution in [2.45, 2.75) is 36.7 Å². The summed E-state index contributed by atoms with van der Waals surface area (Å²) in [5, 5.41) is 11.5. The van der Waals surface area contributed by atoms with Gasteiger partial charge in [-0.2, -0.15) is 0 Å². The van der Waals surface area contributed by atoms with Crippen molar-refractivity contribution in [3.05, 3.63) is 42.5 Å². The standard InChI is InChI=1S/C19H25NO3/c1-3-10-20-11-9-18(15-5-4-6-17(12-15)23-2)13-16(21)7-8-19(18,22)14-20/h3-6,12,22H,1,7-11,13-14H2,2H3. The minimum Gasteiger partial charge on any atom is -0.497 e. The Morgan fingerprint density at radius 1 is 1.43 bits per heavy atom. The molecule has 23 heavy (non-hydrogen) atoms. The predicted molar refractivity (Wildman–Crippen MR) is 89.7 cm³/mol. The molecular formula is C19H25NO3. The van der Waals surface area contributed by atoms with Crippen LogP contribution in [-0.2, 0) is 10.2 Å². The van der Waals surface area contributed by atoms with Crippen molar-refractivity contribution in [3.63, 3.8) is 0 Å². The van der Waals surface area contributed by atoms with Crippen LogP contribution in [0.3, 0.4) is 0 Å². The van der Waals surface area contributed by atoms with Crippen molar-refractivity contribution in [1.29, 1.82) is 0 Å². The zero-order valence-corrected chi connectivity index (χ0v) is 13.8. The molecule has 1 aliphatic carbocycles. The molecular weight excluding hydrogens is 290 g/mol. The van der Waals surface area contributed by atoms with E-state index in [1.807, 2.05) is 30.3 Å². The molecule has 3 rings (SSSR count). The summed E-state index contributed by atoms with van der Waals surface area (Å²) in [5.74, 6) is 1.01. The summed E-state index contributed by atoms with van der Waals surface area (Å²) in [6, 6.07) is 7.84. The quantitative estimate of drug-likeness (QED) is 0.866. The van der Waals surface area contributed by atoms with Crippen LogP contribution in [0.1, 0.15) is 31.2 Å². The van der Waals surface area contributed by atoms with Crippen molar-refractivity contribution in [1.82, 2.24) is 4.90 Å². The summed E-state index contributed by atoms with van der Waals surface area (Å²) in [6.07, 6.45) is 4.05. The van der Waals surface area contributed by atoms with E-state index in [9.17, 15) is 9.90 Å². The second-order valence-electron chi connectivity index (χ2n) is 6.83. The summed E-state index contributed by atoms with van der Waals surface area (Å²) < 4.78 is 5.35. The molecule has 2 fully saturated rings. The highest BCUT2D eigenvalue weighted by molar-refractivity contribution is 5.82. The van der Waals surface area contributed by atoms with Crippen molar-refractivity contribution >= 4 is 5.78 Å². The van der Waals surface area contributed by atoms with Gasteiger partial charge >= 0.3 is 0 Å². The van der Waals surface area contributed by atoms with Crippen LogP contribution in [0.4, 0.5) is 0 Å². The Bertz CT molecular complexity index is 614. The van der Waals surface area contributed by atoms with Gasteiger partial charge in [-0.3, -0.25) is 9.69 Å². The van der Waals surface area contributed by atoms with Gasteiger partial charge in [0.1, 0.15) is 11.5 Å². The molecule has 2 atom stereocenters. The lowest BCUT2D eigenvalue weighted by atomic mass is 9.56. The SMILES string of the molecule is C=CCN1CCC2(c3cccc(OC)c3)CC(=O)CCC2(O)C1. The average Bonchev–Trinajstić information content (AvgIpc) is 2.56. The first kappa shape index (κ1) is 16.2. The van der Waals surface area contributed by atoms with E-state index < -0.39 is 11.0 Å². The van der Waals surface area contributed by atoms with E-state index in [1.165, 1.54) is 0 Å².